The van der Waals surface area contributed by atoms with E-state index in [4.69, 9.17) is 4.74 Å². The lowest BCUT2D eigenvalue weighted by Gasteiger charge is -2.13. The molecule has 10 heteroatoms. The molecule has 7 nitrogen and oxygen atoms in total. The maximum Gasteiger partial charge on any atom is 0.417 e. The van der Waals surface area contributed by atoms with Gasteiger partial charge >= 0.3 is 6.09 Å². The number of fused-ring (bicyclic) bond motifs is 1. The number of aromatic nitrogens is 1. The quantitative estimate of drug-likeness (QED) is 0.619. The third kappa shape index (κ3) is 4.96. The summed E-state index contributed by atoms with van der Waals surface area (Å²) in [7, 11) is -3.80. The summed E-state index contributed by atoms with van der Waals surface area (Å²) in [5.74, 6) is -2.52. The Bertz CT molecular complexity index is 1170. The minimum atomic E-state index is -3.80. The van der Waals surface area contributed by atoms with Gasteiger partial charge in [0.25, 0.3) is 0 Å². The van der Waals surface area contributed by atoms with E-state index < -0.39 is 39.1 Å². The van der Waals surface area contributed by atoms with Crippen molar-refractivity contribution in [2.45, 2.75) is 13.3 Å². The van der Waals surface area contributed by atoms with Gasteiger partial charge in [0.15, 0.2) is 11.6 Å². The van der Waals surface area contributed by atoms with Crippen LogP contribution in [0.3, 0.4) is 0 Å². The van der Waals surface area contributed by atoms with Crippen molar-refractivity contribution in [1.29, 1.82) is 0 Å². The Morgan fingerprint density at radius 2 is 1.93 bits per heavy atom. The number of ether oxygens (including phenoxy) is 1. The zero-order valence-electron chi connectivity index (χ0n) is 15.3. The van der Waals surface area contributed by atoms with Crippen LogP contribution in [-0.2, 0) is 10.0 Å². The van der Waals surface area contributed by atoms with Gasteiger partial charge in [-0.05, 0) is 30.7 Å². The normalized spacial score (nSPS) is 11.3. The molecule has 29 heavy (non-hydrogen) atoms. The van der Waals surface area contributed by atoms with Crippen molar-refractivity contribution < 1.29 is 26.7 Å². The van der Waals surface area contributed by atoms with Crippen LogP contribution in [0.15, 0.2) is 48.7 Å². The van der Waals surface area contributed by atoms with Crippen LogP contribution in [0.4, 0.5) is 25.0 Å². The summed E-state index contributed by atoms with van der Waals surface area (Å²) in [5, 5.41) is 2.67. The van der Waals surface area contributed by atoms with Gasteiger partial charge in [0.2, 0.25) is 10.0 Å². The number of pyridine rings is 1. The van der Waals surface area contributed by atoms with E-state index >= 15 is 0 Å². The maximum absolute atomic E-state index is 14.6. The number of hydrogen-bond donors (Lipinski definition) is 2. The van der Waals surface area contributed by atoms with Gasteiger partial charge in [0.1, 0.15) is 11.5 Å². The SMILES string of the molecule is CCCS(=O)(=O)Nc1ccc(F)c(NC(=O)Oc2cnc3ccccc3c2)c1F. The number of halogens is 2. The lowest BCUT2D eigenvalue weighted by atomic mass is 10.2. The van der Waals surface area contributed by atoms with E-state index in [0.717, 1.165) is 12.1 Å². The van der Waals surface area contributed by atoms with Crippen molar-refractivity contribution in [2.24, 2.45) is 0 Å². The molecule has 1 aromatic heterocycles. The van der Waals surface area contributed by atoms with Crippen molar-refractivity contribution >= 4 is 38.4 Å². The maximum atomic E-state index is 14.6. The van der Waals surface area contributed by atoms with E-state index in [-0.39, 0.29) is 11.5 Å². The highest BCUT2D eigenvalue weighted by atomic mass is 32.2. The average Bonchev–Trinajstić information content (AvgIpc) is 2.67. The lowest BCUT2D eigenvalue weighted by Crippen LogP contribution is -2.21. The monoisotopic (exact) mass is 421 g/mol. The minimum Gasteiger partial charge on any atom is -0.408 e. The van der Waals surface area contributed by atoms with E-state index in [1.54, 1.807) is 37.3 Å². The molecule has 0 saturated heterocycles. The summed E-state index contributed by atoms with van der Waals surface area (Å²) in [6, 6.07) is 10.4. The lowest BCUT2D eigenvalue weighted by molar-refractivity contribution is 0.215. The van der Waals surface area contributed by atoms with Gasteiger partial charge in [-0.1, -0.05) is 25.1 Å². The summed E-state index contributed by atoms with van der Waals surface area (Å²) in [6.45, 7) is 1.64. The summed E-state index contributed by atoms with van der Waals surface area (Å²) >= 11 is 0. The van der Waals surface area contributed by atoms with Gasteiger partial charge in [-0.15, -0.1) is 0 Å². The molecule has 0 aliphatic rings. The van der Waals surface area contributed by atoms with Gasteiger partial charge in [0.05, 0.1) is 23.2 Å². The minimum absolute atomic E-state index is 0.0711. The van der Waals surface area contributed by atoms with Crippen LogP contribution in [0.1, 0.15) is 13.3 Å². The molecule has 152 valence electrons. The summed E-state index contributed by atoms with van der Waals surface area (Å²) in [6.07, 6.45) is 0.452. The Hall–Kier alpha value is -3.27. The van der Waals surface area contributed by atoms with Gasteiger partial charge < -0.3 is 4.74 Å². The van der Waals surface area contributed by atoms with E-state index in [0.29, 0.717) is 17.3 Å². The molecule has 0 aliphatic heterocycles. The topological polar surface area (TPSA) is 97.4 Å². The third-order valence-corrected chi connectivity index (χ3v) is 5.31. The van der Waals surface area contributed by atoms with Crippen molar-refractivity contribution in [2.75, 3.05) is 15.8 Å². The molecule has 0 unspecified atom stereocenters. The number of amides is 1. The number of hydrogen-bond acceptors (Lipinski definition) is 5. The van der Waals surface area contributed by atoms with Gasteiger partial charge in [-0.3, -0.25) is 15.0 Å². The van der Waals surface area contributed by atoms with E-state index in [9.17, 15) is 22.0 Å². The van der Waals surface area contributed by atoms with Crippen LogP contribution in [0.2, 0.25) is 0 Å². The first-order valence-corrected chi connectivity index (χ1v) is 10.3. The van der Waals surface area contributed by atoms with Crippen LogP contribution in [0, 0.1) is 11.6 Å². The highest BCUT2D eigenvalue weighted by molar-refractivity contribution is 7.92. The number of sulfonamides is 1. The number of anilines is 2. The smallest absolute Gasteiger partial charge is 0.408 e. The van der Waals surface area contributed by atoms with Gasteiger partial charge in [-0.25, -0.2) is 22.0 Å². The molecule has 1 amide bonds. The molecule has 2 aromatic carbocycles. The molecule has 0 bridgehead atoms. The first-order valence-electron chi connectivity index (χ1n) is 8.61. The summed E-state index contributed by atoms with van der Waals surface area (Å²) in [5.41, 5.74) is -0.632. The number of benzene rings is 2. The fourth-order valence-electron chi connectivity index (χ4n) is 2.57. The molecule has 0 atom stereocenters. The van der Waals surface area contributed by atoms with Crippen LogP contribution in [-0.4, -0.2) is 25.2 Å². The predicted molar refractivity (Wildman–Crippen MR) is 105 cm³/mol. The second-order valence-electron chi connectivity index (χ2n) is 6.08. The number of carbonyl (C=O) groups is 1. The average molecular weight is 421 g/mol. The molecule has 0 spiro atoms. The highest BCUT2D eigenvalue weighted by Gasteiger charge is 2.20. The molecule has 0 radical (unpaired) electrons. The molecular formula is C19H17F2N3O4S. The molecule has 0 aliphatic carbocycles. The Balaban J connectivity index is 1.79. The number of nitrogens with zero attached hydrogens (tertiary/aromatic N) is 1. The van der Waals surface area contributed by atoms with Crippen LogP contribution in [0.25, 0.3) is 10.9 Å². The highest BCUT2D eigenvalue weighted by Crippen LogP contribution is 2.27. The first kappa shape index (κ1) is 20.5. The van der Waals surface area contributed by atoms with Crippen molar-refractivity contribution in [1.82, 2.24) is 4.98 Å². The number of rotatable bonds is 6. The number of nitrogens with one attached hydrogen (secondary N) is 2. The fraction of sp³-hybridized carbons (Fsp3) is 0.158. The van der Waals surface area contributed by atoms with E-state index in [2.05, 4.69) is 4.98 Å². The van der Waals surface area contributed by atoms with Gasteiger partial charge in [0, 0.05) is 5.39 Å². The Labute approximate surface area is 165 Å². The van der Waals surface area contributed by atoms with Crippen LogP contribution < -0.4 is 14.8 Å². The molecular weight excluding hydrogens is 404 g/mol. The first-order chi connectivity index (χ1) is 13.8. The van der Waals surface area contributed by atoms with Crippen molar-refractivity contribution in [3.8, 4) is 5.75 Å². The largest absolute Gasteiger partial charge is 0.417 e. The van der Waals surface area contributed by atoms with Crippen molar-refractivity contribution in [3.63, 3.8) is 0 Å². The Kier molecular flexibility index (Phi) is 5.92. The number of para-hydroxylation sites is 1. The molecule has 0 saturated carbocycles. The zero-order chi connectivity index (χ0) is 21.0. The standard InChI is InChI=1S/C19H17F2N3O4S/c1-2-9-29(26,27)24-16-8-7-14(20)18(17(16)21)23-19(25)28-13-10-12-5-3-4-6-15(12)22-11-13/h3-8,10-11,24H,2,9H2,1H3,(H,23,25). The third-order valence-electron chi connectivity index (χ3n) is 3.83. The van der Waals surface area contributed by atoms with Crippen LogP contribution >= 0.6 is 0 Å². The van der Waals surface area contributed by atoms with Gasteiger partial charge in [-0.2, -0.15) is 0 Å². The molecule has 3 aromatic rings. The molecule has 0 fully saturated rings. The molecule has 3 rings (SSSR count). The summed E-state index contributed by atoms with van der Waals surface area (Å²) in [4.78, 5) is 16.2. The zero-order valence-corrected chi connectivity index (χ0v) is 16.1. The Morgan fingerprint density at radius 3 is 2.69 bits per heavy atom. The van der Waals surface area contributed by atoms with Crippen molar-refractivity contribution in [3.05, 3.63) is 60.3 Å². The Morgan fingerprint density at radius 1 is 1.17 bits per heavy atom. The second kappa shape index (κ2) is 8.39. The van der Waals surface area contributed by atoms with Crippen LogP contribution in [0.5, 0.6) is 5.75 Å². The second-order valence-corrected chi connectivity index (χ2v) is 7.92. The van der Waals surface area contributed by atoms with E-state index in [1.165, 1.54) is 6.20 Å². The predicted octanol–water partition coefficient (Wildman–Crippen LogP) is 4.28. The fourth-order valence-corrected chi connectivity index (χ4v) is 3.71. The number of carbonyl (C=O) groups excluding carboxylic acids is 1. The summed E-state index contributed by atoms with van der Waals surface area (Å²) < 4.78 is 59.3. The molecule has 1 heterocycles. The molecule has 2 N–H and O–H groups in total. The van der Waals surface area contributed by atoms with E-state index in [1.807, 2.05) is 10.0 Å².